The SMILES string of the molecule is CNCC(F)(F)CN(C)CCS(C)=O. The lowest BCUT2D eigenvalue weighted by Gasteiger charge is -2.23. The van der Waals surface area contributed by atoms with Crippen molar-refractivity contribution in [3.63, 3.8) is 0 Å². The molecule has 6 heteroatoms. The van der Waals surface area contributed by atoms with Gasteiger partial charge in [-0.05, 0) is 14.1 Å². The minimum absolute atomic E-state index is 0.301. The predicted molar refractivity (Wildman–Crippen MR) is 55.3 cm³/mol. The van der Waals surface area contributed by atoms with E-state index in [0.717, 1.165) is 0 Å². The Kier molecular flexibility index (Phi) is 6.39. The molecule has 1 atom stereocenters. The summed E-state index contributed by atoms with van der Waals surface area (Å²) in [5, 5.41) is 2.44. The summed E-state index contributed by atoms with van der Waals surface area (Å²) in [6.45, 7) is -0.194. The molecule has 1 unspecified atom stereocenters. The third-order valence-corrected chi connectivity index (χ3v) is 2.45. The van der Waals surface area contributed by atoms with Gasteiger partial charge in [-0.15, -0.1) is 0 Å². The van der Waals surface area contributed by atoms with Gasteiger partial charge in [-0.1, -0.05) is 0 Å². The molecule has 86 valence electrons. The molecule has 0 aliphatic carbocycles. The van der Waals surface area contributed by atoms with E-state index < -0.39 is 16.7 Å². The van der Waals surface area contributed by atoms with Crippen molar-refractivity contribution < 1.29 is 13.0 Å². The Morgan fingerprint density at radius 1 is 1.50 bits per heavy atom. The third kappa shape index (κ3) is 7.34. The summed E-state index contributed by atoms with van der Waals surface area (Å²) in [6, 6.07) is 0. The zero-order chi connectivity index (χ0) is 11.2. The molecule has 0 aromatic rings. The van der Waals surface area contributed by atoms with Gasteiger partial charge in [-0.25, -0.2) is 8.78 Å². The molecular formula is C8H18F2N2OS. The van der Waals surface area contributed by atoms with Crippen molar-refractivity contribution in [1.29, 1.82) is 0 Å². The number of hydrogen-bond donors (Lipinski definition) is 1. The second-order valence-corrected chi connectivity index (χ2v) is 4.96. The molecule has 0 aliphatic heterocycles. The molecule has 0 saturated carbocycles. The third-order valence-electron chi connectivity index (χ3n) is 1.70. The normalized spacial score (nSPS) is 14.7. The summed E-state index contributed by atoms with van der Waals surface area (Å²) < 4.78 is 36.8. The summed E-state index contributed by atoms with van der Waals surface area (Å²) in [6.07, 6.45) is 1.57. The summed E-state index contributed by atoms with van der Waals surface area (Å²) in [5.74, 6) is -2.29. The van der Waals surface area contributed by atoms with Crippen LogP contribution in [0.1, 0.15) is 0 Å². The highest BCUT2D eigenvalue weighted by Gasteiger charge is 2.29. The number of alkyl halides is 2. The molecular weight excluding hydrogens is 210 g/mol. The van der Waals surface area contributed by atoms with E-state index in [9.17, 15) is 13.0 Å². The van der Waals surface area contributed by atoms with Gasteiger partial charge in [-0.3, -0.25) is 9.11 Å². The van der Waals surface area contributed by atoms with Crippen molar-refractivity contribution in [3.05, 3.63) is 0 Å². The van der Waals surface area contributed by atoms with Gasteiger partial charge in [0.05, 0.1) is 13.1 Å². The van der Waals surface area contributed by atoms with Crippen LogP contribution in [-0.4, -0.2) is 60.8 Å². The van der Waals surface area contributed by atoms with E-state index in [-0.39, 0.29) is 13.1 Å². The number of hydrogen-bond acceptors (Lipinski definition) is 3. The Labute approximate surface area is 86.3 Å². The highest BCUT2D eigenvalue weighted by Crippen LogP contribution is 2.12. The summed E-state index contributed by atoms with van der Waals surface area (Å²) in [4.78, 5) is 1.50. The molecule has 0 radical (unpaired) electrons. The number of halogens is 2. The summed E-state index contributed by atoms with van der Waals surface area (Å²) >= 11 is 0. The minimum atomic E-state index is -2.72. The summed E-state index contributed by atoms with van der Waals surface area (Å²) in [5.41, 5.74) is 0. The molecule has 0 aromatic carbocycles. The smallest absolute Gasteiger partial charge is 0.272 e. The molecule has 0 fully saturated rings. The Morgan fingerprint density at radius 2 is 2.07 bits per heavy atom. The number of nitrogens with zero attached hydrogens (tertiary/aromatic N) is 1. The van der Waals surface area contributed by atoms with Crippen molar-refractivity contribution in [3.8, 4) is 0 Å². The maximum Gasteiger partial charge on any atom is 0.272 e. The second-order valence-electron chi connectivity index (χ2n) is 3.40. The largest absolute Gasteiger partial charge is 0.314 e. The van der Waals surface area contributed by atoms with Crippen molar-refractivity contribution >= 4 is 10.8 Å². The van der Waals surface area contributed by atoms with Crippen LogP contribution in [0.2, 0.25) is 0 Å². The van der Waals surface area contributed by atoms with E-state index >= 15 is 0 Å². The van der Waals surface area contributed by atoms with Crippen molar-refractivity contribution in [1.82, 2.24) is 10.2 Å². The fraction of sp³-hybridized carbons (Fsp3) is 1.00. The molecule has 0 amide bonds. The Bertz CT molecular complexity index is 190. The molecule has 0 saturated heterocycles. The molecule has 0 spiro atoms. The molecule has 14 heavy (non-hydrogen) atoms. The monoisotopic (exact) mass is 228 g/mol. The van der Waals surface area contributed by atoms with Gasteiger partial charge in [0.2, 0.25) is 0 Å². The number of nitrogens with one attached hydrogen (secondary N) is 1. The minimum Gasteiger partial charge on any atom is -0.314 e. The van der Waals surface area contributed by atoms with Gasteiger partial charge in [0.25, 0.3) is 5.92 Å². The average Bonchev–Trinajstić information content (AvgIpc) is 1.99. The van der Waals surface area contributed by atoms with Crippen molar-refractivity contribution in [2.24, 2.45) is 0 Å². The van der Waals surface area contributed by atoms with Crippen LogP contribution in [0.4, 0.5) is 8.78 Å². The van der Waals surface area contributed by atoms with E-state index in [0.29, 0.717) is 12.3 Å². The van der Waals surface area contributed by atoms with Gasteiger partial charge >= 0.3 is 0 Å². The molecule has 1 N–H and O–H groups in total. The van der Waals surface area contributed by atoms with Crippen LogP contribution in [0.25, 0.3) is 0 Å². The van der Waals surface area contributed by atoms with Crippen molar-refractivity contribution in [2.45, 2.75) is 5.92 Å². The molecule has 0 bridgehead atoms. The highest BCUT2D eigenvalue weighted by molar-refractivity contribution is 7.84. The fourth-order valence-electron chi connectivity index (χ4n) is 1.07. The van der Waals surface area contributed by atoms with Crippen LogP contribution in [0, 0.1) is 0 Å². The Balaban J connectivity index is 3.80. The van der Waals surface area contributed by atoms with Crippen molar-refractivity contribution in [2.75, 3.05) is 45.7 Å². The highest BCUT2D eigenvalue weighted by atomic mass is 32.2. The fourth-order valence-corrected chi connectivity index (χ4v) is 1.64. The van der Waals surface area contributed by atoms with E-state index in [1.54, 1.807) is 13.3 Å². The lowest BCUT2D eigenvalue weighted by atomic mass is 10.3. The van der Waals surface area contributed by atoms with E-state index in [2.05, 4.69) is 5.32 Å². The first-order valence-corrected chi connectivity index (χ1v) is 6.11. The molecule has 0 aliphatic rings. The van der Waals surface area contributed by atoms with Gasteiger partial charge in [0.15, 0.2) is 0 Å². The molecule has 0 rings (SSSR count). The zero-order valence-corrected chi connectivity index (χ0v) is 9.66. The zero-order valence-electron chi connectivity index (χ0n) is 8.85. The first-order chi connectivity index (χ1) is 6.37. The van der Waals surface area contributed by atoms with Crippen LogP contribution in [0.3, 0.4) is 0 Å². The van der Waals surface area contributed by atoms with Crippen LogP contribution in [-0.2, 0) is 10.8 Å². The van der Waals surface area contributed by atoms with Gasteiger partial charge < -0.3 is 5.32 Å². The van der Waals surface area contributed by atoms with E-state index in [1.165, 1.54) is 11.9 Å². The Morgan fingerprint density at radius 3 is 2.50 bits per heavy atom. The van der Waals surface area contributed by atoms with E-state index in [1.807, 2.05) is 0 Å². The Hall–Kier alpha value is -0.0700. The van der Waals surface area contributed by atoms with E-state index in [4.69, 9.17) is 0 Å². The first kappa shape index (κ1) is 13.9. The van der Waals surface area contributed by atoms with Crippen LogP contribution >= 0.6 is 0 Å². The lowest BCUT2D eigenvalue weighted by Crippen LogP contribution is -2.42. The second kappa shape index (κ2) is 6.42. The summed E-state index contributed by atoms with van der Waals surface area (Å²) in [7, 11) is 2.18. The standard InChI is InChI=1S/C8H18F2N2OS/c1-11-6-8(9,10)7-12(2)4-5-14(3)13/h11H,4-7H2,1-3H3. The van der Waals surface area contributed by atoms with Gasteiger partial charge in [-0.2, -0.15) is 0 Å². The topological polar surface area (TPSA) is 32.3 Å². The maximum atomic E-state index is 13.0. The van der Waals surface area contributed by atoms with Crippen LogP contribution < -0.4 is 5.32 Å². The molecule has 0 heterocycles. The number of rotatable bonds is 7. The van der Waals surface area contributed by atoms with Gasteiger partial charge in [0, 0.05) is 29.4 Å². The first-order valence-electron chi connectivity index (χ1n) is 4.38. The van der Waals surface area contributed by atoms with Crippen LogP contribution in [0.5, 0.6) is 0 Å². The molecule has 0 aromatic heterocycles. The molecule has 3 nitrogen and oxygen atoms in total. The lowest BCUT2D eigenvalue weighted by molar-refractivity contribution is -0.0221. The quantitative estimate of drug-likeness (QED) is 0.673. The average molecular weight is 228 g/mol. The van der Waals surface area contributed by atoms with Crippen LogP contribution in [0.15, 0.2) is 0 Å². The van der Waals surface area contributed by atoms with Gasteiger partial charge in [0.1, 0.15) is 0 Å². The predicted octanol–water partition coefficient (Wildman–Crippen LogP) is 0.151. The maximum absolute atomic E-state index is 13.0.